The third-order valence-corrected chi connectivity index (χ3v) is 4.80. The fourth-order valence-corrected chi connectivity index (χ4v) is 3.64. The van der Waals surface area contributed by atoms with Crippen molar-refractivity contribution < 1.29 is 5.11 Å². The number of nitrogens with one attached hydrogen (secondary N) is 1. The van der Waals surface area contributed by atoms with E-state index in [1.165, 1.54) is 30.6 Å². The summed E-state index contributed by atoms with van der Waals surface area (Å²) in [4.78, 5) is 1.43. The summed E-state index contributed by atoms with van der Waals surface area (Å²) < 4.78 is 0. The maximum Gasteiger partial charge on any atom is 0.0584 e. The molecule has 1 aliphatic carbocycles. The first kappa shape index (κ1) is 13.1. The Morgan fingerprint density at radius 2 is 2.24 bits per heavy atom. The first-order valence-corrected chi connectivity index (χ1v) is 7.63. The monoisotopic (exact) mass is 253 g/mol. The van der Waals surface area contributed by atoms with Crippen LogP contribution in [-0.4, -0.2) is 17.8 Å². The van der Waals surface area contributed by atoms with Crippen molar-refractivity contribution >= 4 is 11.3 Å². The molecule has 0 amide bonds. The second kappa shape index (κ2) is 6.53. The number of thiophene rings is 1. The number of hydrogen-bond acceptors (Lipinski definition) is 3. The lowest BCUT2D eigenvalue weighted by atomic mass is 9.95. The van der Waals surface area contributed by atoms with Gasteiger partial charge in [-0.1, -0.05) is 25.8 Å². The molecule has 2 unspecified atom stereocenters. The van der Waals surface area contributed by atoms with Crippen LogP contribution in [0.2, 0.25) is 0 Å². The van der Waals surface area contributed by atoms with Crippen LogP contribution in [0.4, 0.5) is 0 Å². The van der Waals surface area contributed by atoms with Crippen molar-refractivity contribution in [2.75, 3.05) is 6.61 Å². The van der Waals surface area contributed by atoms with Gasteiger partial charge in [0.15, 0.2) is 0 Å². The zero-order valence-electron chi connectivity index (χ0n) is 10.6. The Morgan fingerprint density at radius 1 is 1.47 bits per heavy atom. The molecule has 1 aromatic heterocycles. The summed E-state index contributed by atoms with van der Waals surface area (Å²) in [7, 11) is 0. The van der Waals surface area contributed by atoms with Gasteiger partial charge in [-0.25, -0.2) is 0 Å². The third kappa shape index (κ3) is 3.30. The molecule has 2 N–H and O–H groups in total. The number of rotatable bonds is 6. The van der Waals surface area contributed by atoms with Gasteiger partial charge in [0.2, 0.25) is 0 Å². The van der Waals surface area contributed by atoms with Crippen molar-refractivity contribution in [3.63, 3.8) is 0 Å². The Bertz CT molecular complexity index is 302. The molecule has 1 saturated carbocycles. The molecule has 1 fully saturated rings. The van der Waals surface area contributed by atoms with Crippen LogP contribution in [0.1, 0.15) is 49.9 Å². The van der Waals surface area contributed by atoms with E-state index < -0.39 is 0 Å². The van der Waals surface area contributed by atoms with Gasteiger partial charge >= 0.3 is 0 Å². The molecule has 17 heavy (non-hydrogen) atoms. The van der Waals surface area contributed by atoms with Gasteiger partial charge in [0.05, 0.1) is 6.61 Å². The van der Waals surface area contributed by atoms with Gasteiger partial charge in [0.1, 0.15) is 0 Å². The van der Waals surface area contributed by atoms with Crippen LogP contribution in [0.25, 0.3) is 0 Å². The third-order valence-electron chi connectivity index (χ3n) is 3.85. The lowest BCUT2D eigenvalue weighted by Gasteiger charge is -2.28. The highest BCUT2D eigenvalue weighted by atomic mass is 32.1. The first-order chi connectivity index (χ1) is 8.35. The van der Waals surface area contributed by atoms with E-state index in [-0.39, 0.29) is 12.6 Å². The predicted molar refractivity (Wildman–Crippen MR) is 73.3 cm³/mol. The van der Waals surface area contributed by atoms with Crippen LogP contribution < -0.4 is 5.32 Å². The van der Waals surface area contributed by atoms with E-state index in [2.05, 4.69) is 29.8 Å². The molecule has 0 aromatic carbocycles. The molecule has 0 aliphatic heterocycles. The summed E-state index contributed by atoms with van der Waals surface area (Å²) in [6, 6.07) is 5.05. The summed E-state index contributed by atoms with van der Waals surface area (Å²) in [5, 5.41) is 15.2. The molecule has 2 rings (SSSR count). The minimum Gasteiger partial charge on any atom is -0.395 e. The highest BCUT2D eigenvalue weighted by Gasteiger charge is 2.28. The molecular formula is C14H23NOS. The van der Waals surface area contributed by atoms with Gasteiger partial charge < -0.3 is 10.4 Å². The highest BCUT2D eigenvalue weighted by molar-refractivity contribution is 7.10. The molecule has 0 spiro atoms. The molecule has 2 nitrogen and oxygen atoms in total. The fourth-order valence-electron chi connectivity index (χ4n) is 2.76. The maximum atomic E-state index is 9.36. The lowest BCUT2D eigenvalue weighted by molar-refractivity contribution is 0.212. The molecule has 2 atom stereocenters. The topological polar surface area (TPSA) is 32.3 Å². The van der Waals surface area contributed by atoms with E-state index in [0.29, 0.717) is 6.04 Å². The molecule has 1 aliphatic rings. The number of aliphatic hydroxyl groups is 1. The van der Waals surface area contributed by atoms with Crippen molar-refractivity contribution in [2.45, 2.75) is 51.1 Å². The molecule has 1 heterocycles. The van der Waals surface area contributed by atoms with Crippen molar-refractivity contribution in [3.05, 3.63) is 22.4 Å². The summed E-state index contributed by atoms with van der Waals surface area (Å²) in [5.41, 5.74) is 0. The molecule has 3 heteroatoms. The molecule has 0 bridgehead atoms. The molecule has 96 valence electrons. The van der Waals surface area contributed by atoms with Gasteiger partial charge in [-0.05, 0) is 36.6 Å². The molecular weight excluding hydrogens is 230 g/mol. The van der Waals surface area contributed by atoms with E-state index in [9.17, 15) is 5.11 Å². The Hall–Kier alpha value is -0.380. The van der Waals surface area contributed by atoms with Crippen LogP contribution in [0.15, 0.2) is 17.5 Å². The summed E-state index contributed by atoms with van der Waals surface area (Å²) in [5.74, 6) is 0.759. The standard InChI is InChI=1S/C14H23NOS/c1-2-12(10-16)15-14(11-6-3-4-7-11)13-8-5-9-17-13/h5,8-9,11-12,14-16H,2-4,6-7,10H2,1H3. The van der Waals surface area contributed by atoms with Crippen LogP contribution in [0.5, 0.6) is 0 Å². The van der Waals surface area contributed by atoms with Crippen LogP contribution >= 0.6 is 11.3 Å². The highest BCUT2D eigenvalue weighted by Crippen LogP contribution is 2.37. The second-order valence-corrected chi connectivity index (χ2v) is 5.97. The first-order valence-electron chi connectivity index (χ1n) is 6.75. The maximum absolute atomic E-state index is 9.36. The van der Waals surface area contributed by atoms with Crippen LogP contribution in [-0.2, 0) is 0 Å². The normalized spacial score (nSPS) is 20.6. The smallest absolute Gasteiger partial charge is 0.0584 e. The van der Waals surface area contributed by atoms with E-state index in [1.807, 2.05) is 11.3 Å². The second-order valence-electron chi connectivity index (χ2n) is 4.99. The predicted octanol–water partition coefficient (Wildman–Crippen LogP) is 3.34. The van der Waals surface area contributed by atoms with Crippen molar-refractivity contribution in [2.24, 2.45) is 5.92 Å². The molecule has 0 radical (unpaired) electrons. The summed E-state index contributed by atoms with van der Waals surface area (Å²) >= 11 is 1.84. The zero-order chi connectivity index (χ0) is 12.1. The van der Waals surface area contributed by atoms with Crippen molar-refractivity contribution in [1.82, 2.24) is 5.32 Å². The number of hydrogen-bond donors (Lipinski definition) is 2. The van der Waals surface area contributed by atoms with Gasteiger partial charge in [0, 0.05) is 17.0 Å². The largest absolute Gasteiger partial charge is 0.395 e. The fraction of sp³-hybridized carbons (Fsp3) is 0.714. The minimum absolute atomic E-state index is 0.239. The minimum atomic E-state index is 0.239. The zero-order valence-corrected chi connectivity index (χ0v) is 11.4. The lowest BCUT2D eigenvalue weighted by Crippen LogP contribution is -2.37. The Kier molecular flexibility index (Phi) is 5.01. The Labute approximate surface area is 108 Å². The quantitative estimate of drug-likeness (QED) is 0.815. The van der Waals surface area contributed by atoms with Crippen LogP contribution in [0, 0.1) is 5.92 Å². The Balaban J connectivity index is 2.06. The van der Waals surface area contributed by atoms with Crippen molar-refractivity contribution in [3.8, 4) is 0 Å². The van der Waals surface area contributed by atoms with E-state index in [1.54, 1.807) is 0 Å². The van der Waals surface area contributed by atoms with Gasteiger partial charge in [-0.15, -0.1) is 11.3 Å². The van der Waals surface area contributed by atoms with E-state index in [4.69, 9.17) is 0 Å². The van der Waals surface area contributed by atoms with Crippen LogP contribution in [0.3, 0.4) is 0 Å². The molecule has 1 aromatic rings. The van der Waals surface area contributed by atoms with Gasteiger partial charge in [-0.2, -0.15) is 0 Å². The van der Waals surface area contributed by atoms with E-state index in [0.717, 1.165) is 12.3 Å². The van der Waals surface area contributed by atoms with Gasteiger partial charge in [0.25, 0.3) is 0 Å². The number of aliphatic hydroxyl groups excluding tert-OH is 1. The SMILES string of the molecule is CCC(CO)NC(c1cccs1)C1CCCC1. The Morgan fingerprint density at radius 3 is 2.76 bits per heavy atom. The van der Waals surface area contributed by atoms with E-state index >= 15 is 0 Å². The average molecular weight is 253 g/mol. The summed E-state index contributed by atoms with van der Waals surface area (Å²) in [6.45, 7) is 2.37. The average Bonchev–Trinajstić information content (AvgIpc) is 3.03. The summed E-state index contributed by atoms with van der Waals surface area (Å²) in [6.07, 6.45) is 6.38. The molecule has 0 saturated heterocycles. The van der Waals surface area contributed by atoms with Gasteiger partial charge in [-0.3, -0.25) is 0 Å². The van der Waals surface area contributed by atoms with Crippen molar-refractivity contribution in [1.29, 1.82) is 0 Å².